The van der Waals surface area contributed by atoms with Crippen molar-refractivity contribution in [2.24, 2.45) is 0 Å². The first-order valence-corrected chi connectivity index (χ1v) is 10.2. The molecule has 0 saturated heterocycles. The van der Waals surface area contributed by atoms with Gasteiger partial charge in [0.1, 0.15) is 17.0 Å². The van der Waals surface area contributed by atoms with Crippen LogP contribution in [0.15, 0.2) is 42.4 Å². The molecule has 8 heteroatoms. The molecule has 2 aromatic rings. The van der Waals surface area contributed by atoms with Crippen LogP contribution in [0.4, 0.5) is 22.0 Å². The lowest BCUT2D eigenvalue weighted by Crippen LogP contribution is -2.37. The van der Waals surface area contributed by atoms with Crippen molar-refractivity contribution in [3.63, 3.8) is 0 Å². The zero-order valence-corrected chi connectivity index (χ0v) is 17.9. The minimum atomic E-state index is -4.53. The van der Waals surface area contributed by atoms with E-state index in [1.165, 1.54) is 12.3 Å². The van der Waals surface area contributed by atoms with E-state index in [0.717, 1.165) is 50.6 Å². The van der Waals surface area contributed by atoms with Crippen molar-refractivity contribution >= 4 is 0 Å². The highest BCUT2D eigenvalue weighted by Gasteiger charge is 2.49. The fourth-order valence-electron chi connectivity index (χ4n) is 3.52. The maximum atomic E-state index is 14.9. The number of halogens is 5. The Kier molecular flexibility index (Phi) is 6.30. The van der Waals surface area contributed by atoms with Gasteiger partial charge < -0.3 is 10.6 Å². The van der Waals surface area contributed by atoms with E-state index < -0.39 is 29.3 Å². The third-order valence-electron chi connectivity index (χ3n) is 5.83. The predicted molar refractivity (Wildman–Crippen MR) is 110 cm³/mol. The number of nitrogens with one attached hydrogen (secondary N) is 2. The summed E-state index contributed by atoms with van der Waals surface area (Å²) in [7, 11) is 0. The molecule has 31 heavy (non-hydrogen) atoms. The second-order valence-electron chi connectivity index (χ2n) is 8.42. The Morgan fingerprint density at radius 3 is 2.48 bits per heavy atom. The molecule has 2 heterocycles. The van der Waals surface area contributed by atoms with Crippen molar-refractivity contribution in [3.8, 4) is 11.1 Å². The molecule has 0 spiro atoms. The van der Waals surface area contributed by atoms with Gasteiger partial charge >= 0.3 is 6.18 Å². The van der Waals surface area contributed by atoms with Crippen LogP contribution in [0, 0.1) is 11.6 Å². The summed E-state index contributed by atoms with van der Waals surface area (Å²) < 4.78 is 69.9. The molecule has 0 amide bonds. The average molecular weight is 439 g/mol. The van der Waals surface area contributed by atoms with Gasteiger partial charge in [-0.2, -0.15) is 13.2 Å². The summed E-state index contributed by atoms with van der Waals surface area (Å²) in [4.78, 5) is 3.81. The highest BCUT2D eigenvalue weighted by Crippen LogP contribution is 2.40. The van der Waals surface area contributed by atoms with Gasteiger partial charge in [0.2, 0.25) is 0 Å². The second-order valence-corrected chi connectivity index (χ2v) is 8.42. The fourth-order valence-corrected chi connectivity index (χ4v) is 3.52. The Morgan fingerprint density at radius 2 is 1.87 bits per heavy atom. The van der Waals surface area contributed by atoms with Gasteiger partial charge in [-0.15, -0.1) is 0 Å². The maximum absolute atomic E-state index is 14.9. The van der Waals surface area contributed by atoms with Crippen molar-refractivity contribution in [2.75, 3.05) is 0 Å². The van der Waals surface area contributed by atoms with Gasteiger partial charge in [0.15, 0.2) is 0 Å². The molecule has 2 N–H and O–H groups in total. The fraction of sp³-hybridized carbons (Fsp3) is 0.435. The summed E-state index contributed by atoms with van der Waals surface area (Å²) in [6, 6.07) is 4.49. The van der Waals surface area contributed by atoms with Crippen LogP contribution in [0.3, 0.4) is 0 Å². The van der Waals surface area contributed by atoms with Gasteiger partial charge in [0.25, 0.3) is 0 Å². The minimum absolute atomic E-state index is 0.108. The normalized spacial score (nSPS) is 17.8. The van der Waals surface area contributed by atoms with Gasteiger partial charge in [-0.05, 0) is 57.0 Å². The molecule has 0 saturated carbocycles. The number of hydrogen-bond acceptors (Lipinski definition) is 3. The van der Waals surface area contributed by atoms with Crippen molar-refractivity contribution in [1.82, 2.24) is 15.6 Å². The first kappa shape index (κ1) is 23.0. The second kappa shape index (κ2) is 8.48. The summed E-state index contributed by atoms with van der Waals surface area (Å²) in [5, 5.41) is 6.41. The lowest BCUT2D eigenvalue weighted by molar-refractivity contribution is -0.181. The largest absolute Gasteiger partial charge is 0.399 e. The van der Waals surface area contributed by atoms with E-state index >= 15 is 0 Å². The lowest BCUT2D eigenvalue weighted by atomic mass is 9.86. The molecular formula is C23H26F5N3. The van der Waals surface area contributed by atoms with Crippen LogP contribution in [-0.2, 0) is 5.41 Å². The van der Waals surface area contributed by atoms with Gasteiger partial charge in [0.05, 0.1) is 11.7 Å². The lowest BCUT2D eigenvalue weighted by Gasteiger charge is -2.27. The van der Waals surface area contributed by atoms with Crippen molar-refractivity contribution in [3.05, 3.63) is 65.3 Å². The zero-order chi connectivity index (χ0) is 23.0. The monoisotopic (exact) mass is 439 g/mol. The molecule has 0 bridgehead atoms. The number of aromatic nitrogens is 1. The van der Waals surface area contributed by atoms with E-state index in [1.54, 1.807) is 6.92 Å². The summed E-state index contributed by atoms with van der Waals surface area (Å²) in [6.45, 7) is 5.80. The highest BCUT2D eigenvalue weighted by atomic mass is 19.4. The predicted octanol–water partition coefficient (Wildman–Crippen LogP) is 6.13. The number of rotatable bonds is 6. The Hall–Kier alpha value is -2.64. The van der Waals surface area contributed by atoms with Crippen molar-refractivity contribution in [2.45, 2.75) is 64.2 Å². The van der Waals surface area contributed by atoms with Crippen molar-refractivity contribution < 1.29 is 22.0 Å². The van der Waals surface area contributed by atoms with E-state index in [1.807, 2.05) is 6.20 Å². The Labute approximate surface area is 178 Å². The third kappa shape index (κ3) is 4.67. The zero-order valence-electron chi connectivity index (χ0n) is 17.9. The van der Waals surface area contributed by atoms with E-state index in [9.17, 15) is 22.0 Å². The number of hydrogen-bond donors (Lipinski definition) is 2. The Balaban J connectivity index is 1.88. The molecule has 1 aromatic carbocycles. The van der Waals surface area contributed by atoms with Crippen LogP contribution in [0.5, 0.6) is 0 Å². The number of alkyl halides is 3. The number of benzene rings is 1. The molecule has 3 nitrogen and oxygen atoms in total. The number of nitrogens with zero attached hydrogens (tertiary/aromatic N) is 1. The molecule has 168 valence electrons. The van der Waals surface area contributed by atoms with Crippen LogP contribution < -0.4 is 10.6 Å². The maximum Gasteiger partial charge on any atom is 0.399 e. The summed E-state index contributed by atoms with van der Waals surface area (Å²) in [5.41, 5.74) is -1.40. The minimum Gasteiger partial charge on any atom is -0.386 e. The molecule has 3 rings (SSSR count). The summed E-state index contributed by atoms with van der Waals surface area (Å²) >= 11 is 0. The third-order valence-corrected chi connectivity index (χ3v) is 5.83. The molecule has 2 atom stereocenters. The van der Waals surface area contributed by atoms with Gasteiger partial charge in [-0.25, -0.2) is 8.78 Å². The first-order valence-electron chi connectivity index (χ1n) is 10.2. The molecule has 1 aliphatic rings. The van der Waals surface area contributed by atoms with Crippen LogP contribution in [0.2, 0.25) is 0 Å². The molecule has 0 radical (unpaired) electrons. The summed E-state index contributed by atoms with van der Waals surface area (Å²) in [5.74, 6) is -1.35. The molecule has 0 aliphatic carbocycles. The van der Waals surface area contributed by atoms with E-state index in [2.05, 4.69) is 22.5 Å². The van der Waals surface area contributed by atoms with E-state index in [4.69, 9.17) is 0 Å². The first-order chi connectivity index (χ1) is 14.4. The average Bonchev–Trinajstić information content (AvgIpc) is 3.16. The summed E-state index contributed by atoms with van der Waals surface area (Å²) in [6.07, 6.45) is 0.212. The van der Waals surface area contributed by atoms with E-state index in [0.29, 0.717) is 6.04 Å². The Morgan fingerprint density at radius 1 is 1.16 bits per heavy atom. The van der Waals surface area contributed by atoms with Crippen LogP contribution >= 0.6 is 0 Å². The Bertz CT molecular complexity index is 982. The quantitative estimate of drug-likeness (QED) is 0.532. The highest BCUT2D eigenvalue weighted by molar-refractivity contribution is 5.65. The van der Waals surface area contributed by atoms with Crippen LogP contribution in [-0.4, -0.2) is 17.2 Å². The standard InChI is InChI=1S/C23H26F5N3/c1-5-15-9-16(12-30-15)31-13(2)17-10-20(25)18(11-19(17)24)14-6-7-29-21(8-14)22(3,4)23(26,27)28/h6-8,10-13,15,30-31H,5,9H2,1-4H3. The van der Waals surface area contributed by atoms with Crippen molar-refractivity contribution in [1.29, 1.82) is 0 Å². The molecule has 2 unspecified atom stereocenters. The topological polar surface area (TPSA) is 37.0 Å². The smallest absolute Gasteiger partial charge is 0.386 e. The molecule has 1 aliphatic heterocycles. The number of pyridine rings is 1. The SMILES string of the molecule is CCC1CC(NC(C)c2cc(F)c(-c3ccnc(C(C)(C)C(F)(F)F)c3)cc2F)=CN1. The van der Waals surface area contributed by atoms with Gasteiger partial charge in [0, 0.05) is 41.7 Å². The van der Waals surface area contributed by atoms with Crippen LogP contribution in [0.25, 0.3) is 11.1 Å². The molecule has 1 aromatic heterocycles. The molecular weight excluding hydrogens is 413 g/mol. The molecule has 0 fully saturated rings. The van der Waals surface area contributed by atoms with Crippen LogP contribution in [0.1, 0.15) is 57.8 Å². The van der Waals surface area contributed by atoms with E-state index in [-0.39, 0.29) is 22.4 Å². The van der Waals surface area contributed by atoms with Gasteiger partial charge in [-0.1, -0.05) is 6.92 Å². The van der Waals surface area contributed by atoms with Gasteiger partial charge in [-0.3, -0.25) is 4.98 Å².